The van der Waals surface area contributed by atoms with Crippen LogP contribution >= 0.6 is 12.6 Å². The molecule has 2 atom stereocenters. The van der Waals surface area contributed by atoms with Crippen molar-refractivity contribution in [2.45, 2.75) is 105 Å². The van der Waals surface area contributed by atoms with Crippen LogP contribution in [0, 0.1) is 13.8 Å². The summed E-state index contributed by atoms with van der Waals surface area (Å²) < 4.78 is 5.36. The average Bonchev–Trinajstić information content (AvgIpc) is 2.71. The van der Waals surface area contributed by atoms with Crippen molar-refractivity contribution in [1.29, 1.82) is 0 Å². The van der Waals surface area contributed by atoms with Crippen LogP contribution in [0.5, 0.6) is 0 Å². The number of unbranched alkanes of at least 4 members (excludes halogenated alkanes) is 2. The topological polar surface area (TPSA) is 87.7 Å². The van der Waals surface area contributed by atoms with E-state index in [0.717, 1.165) is 36.0 Å². The summed E-state index contributed by atoms with van der Waals surface area (Å²) in [6.07, 6.45) is 1.92. The highest BCUT2D eigenvalue weighted by molar-refractivity contribution is 7.80. The molecule has 1 aromatic rings. The van der Waals surface area contributed by atoms with Gasteiger partial charge >= 0.3 is 6.09 Å². The van der Waals surface area contributed by atoms with Gasteiger partial charge in [-0.3, -0.25) is 9.59 Å². The Morgan fingerprint density at radius 2 is 1.69 bits per heavy atom. The normalized spacial score (nSPS) is 13.5. The first-order valence-corrected chi connectivity index (χ1v) is 13.0. The Bertz CT molecular complexity index is 874. The molecule has 35 heavy (non-hydrogen) atoms. The van der Waals surface area contributed by atoms with E-state index in [-0.39, 0.29) is 17.6 Å². The fraction of sp³-hybridized carbons (Fsp3) is 0.667. The van der Waals surface area contributed by atoms with Gasteiger partial charge in [0.2, 0.25) is 11.8 Å². The van der Waals surface area contributed by atoms with Crippen LogP contribution in [0.25, 0.3) is 0 Å². The smallest absolute Gasteiger partial charge is 0.408 e. The van der Waals surface area contributed by atoms with Gasteiger partial charge < -0.3 is 20.3 Å². The summed E-state index contributed by atoms with van der Waals surface area (Å²) in [5.41, 5.74) is 1.57. The van der Waals surface area contributed by atoms with E-state index in [1.807, 2.05) is 52.8 Å². The number of carbonyl (C=O) groups excluding carboxylic acids is 3. The SMILES string of the molecule is CCCCCN(C(=O)C(CS)NC(=O)OC(C)(C)C)C(C(=O)NC(C)(C)C)c1cccc(C)c1C. The number of thiol groups is 1. The quantitative estimate of drug-likeness (QED) is 0.304. The van der Waals surface area contributed by atoms with Crippen LogP contribution in [-0.2, 0) is 14.3 Å². The standard InChI is InChI=1S/C27H45N3O4S/c1-10-11-12-16-30(24(32)21(17-35)28-25(33)34-27(7,8)9)22(23(31)29-26(4,5)6)20-15-13-14-18(2)19(20)3/h13-15,21-22,35H,10-12,16-17H2,1-9H3,(H,28,33)(H,29,31). The number of carbonyl (C=O) groups is 3. The molecule has 3 amide bonds. The number of aryl methyl sites for hydroxylation is 1. The average molecular weight is 508 g/mol. The molecule has 1 rings (SSSR count). The largest absolute Gasteiger partial charge is 0.444 e. The van der Waals surface area contributed by atoms with Crippen LogP contribution < -0.4 is 10.6 Å². The number of nitrogens with one attached hydrogen (secondary N) is 2. The van der Waals surface area contributed by atoms with E-state index in [1.54, 1.807) is 25.7 Å². The molecule has 0 saturated carbocycles. The van der Waals surface area contributed by atoms with Crippen molar-refractivity contribution in [2.24, 2.45) is 0 Å². The maximum absolute atomic E-state index is 13.9. The summed E-state index contributed by atoms with van der Waals surface area (Å²) >= 11 is 4.34. The minimum Gasteiger partial charge on any atom is -0.444 e. The van der Waals surface area contributed by atoms with Gasteiger partial charge in [-0.05, 0) is 78.5 Å². The predicted molar refractivity (Wildman–Crippen MR) is 145 cm³/mol. The Hall–Kier alpha value is -2.22. The molecule has 0 radical (unpaired) electrons. The second-order valence-electron chi connectivity index (χ2n) is 11.1. The Labute approximate surface area is 217 Å². The number of nitrogens with zero attached hydrogens (tertiary/aromatic N) is 1. The zero-order chi connectivity index (χ0) is 27.0. The number of amides is 3. The van der Waals surface area contributed by atoms with Crippen molar-refractivity contribution in [3.63, 3.8) is 0 Å². The van der Waals surface area contributed by atoms with E-state index in [4.69, 9.17) is 4.74 Å². The maximum atomic E-state index is 13.9. The number of rotatable bonds is 10. The van der Waals surface area contributed by atoms with E-state index in [0.29, 0.717) is 6.54 Å². The van der Waals surface area contributed by atoms with E-state index in [2.05, 4.69) is 30.2 Å². The van der Waals surface area contributed by atoms with Gasteiger partial charge in [-0.1, -0.05) is 38.0 Å². The lowest BCUT2D eigenvalue weighted by molar-refractivity contribution is -0.142. The Kier molecular flexibility index (Phi) is 11.6. The second-order valence-corrected chi connectivity index (χ2v) is 11.4. The van der Waals surface area contributed by atoms with Gasteiger partial charge in [0, 0.05) is 17.8 Å². The highest BCUT2D eigenvalue weighted by Gasteiger charge is 2.37. The zero-order valence-electron chi connectivity index (χ0n) is 22.9. The molecule has 198 valence electrons. The summed E-state index contributed by atoms with van der Waals surface area (Å²) in [5, 5.41) is 5.71. The lowest BCUT2D eigenvalue weighted by Gasteiger charge is -2.36. The highest BCUT2D eigenvalue weighted by Crippen LogP contribution is 2.28. The molecule has 0 fully saturated rings. The van der Waals surface area contributed by atoms with Crippen LogP contribution in [0.15, 0.2) is 18.2 Å². The van der Waals surface area contributed by atoms with E-state index in [1.165, 1.54) is 0 Å². The minimum absolute atomic E-state index is 0.0722. The van der Waals surface area contributed by atoms with Crippen molar-refractivity contribution >= 4 is 30.5 Å². The van der Waals surface area contributed by atoms with Crippen molar-refractivity contribution in [3.05, 3.63) is 34.9 Å². The first-order chi connectivity index (χ1) is 16.1. The van der Waals surface area contributed by atoms with Gasteiger partial charge in [0.1, 0.15) is 17.7 Å². The van der Waals surface area contributed by atoms with E-state index >= 15 is 0 Å². The number of hydrogen-bond acceptors (Lipinski definition) is 5. The van der Waals surface area contributed by atoms with Gasteiger partial charge in [0.15, 0.2) is 0 Å². The summed E-state index contributed by atoms with van der Waals surface area (Å²) in [6, 6.07) is 4.00. The van der Waals surface area contributed by atoms with Gasteiger partial charge in [0.25, 0.3) is 0 Å². The van der Waals surface area contributed by atoms with Crippen LogP contribution in [-0.4, -0.2) is 52.3 Å². The summed E-state index contributed by atoms with van der Waals surface area (Å²) in [5.74, 6) is -0.550. The van der Waals surface area contributed by atoms with Gasteiger partial charge in [-0.15, -0.1) is 0 Å². The molecule has 7 nitrogen and oxygen atoms in total. The lowest BCUT2D eigenvalue weighted by atomic mass is 9.94. The van der Waals surface area contributed by atoms with Crippen molar-refractivity contribution in [1.82, 2.24) is 15.5 Å². The highest BCUT2D eigenvalue weighted by atomic mass is 32.1. The molecule has 8 heteroatoms. The Morgan fingerprint density at radius 1 is 1.06 bits per heavy atom. The van der Waals surface area contributed by atoms with E-state index in [9.17, 15) is 14.4 Å². The van der Waals surface area contributed by atoms with Crippen LogP contribution in [0.4, 0.5) is 4.79 Å². The minimum atomic E-state index is -0.940. The van der Waals surface area contributed by atoms with Gasteiger partial charge in [-0.2, -0.15) is 12.6 Å². The molecular formula is C27H45N3O4S. The van der Waals surface area contributed by atoms with Gasteiger partial charge in [-0.25, -0.2) is 4.79 Å². The third-order valence-electron chi connectivity index (χ3n) is 5.46. The molecule has 1 aromatic carbocycles. The second kappa shape index (κ2) is 13.2. The Morgan fingerprint density at radius 3 is 2.20 bits per heavy atom. The third kappa shape index (κ3) is 10.1. The Balaban J connectivity index is 3.50. The molecule has 0 aliphatic rings. The number of benzene rings is 1. The number of alkyl carbamates (subject to hydrolysis) is 1. The predicted octanol–water partition coefficient (Wildman–Crippen LogP) is 5.10. The molecule has 2 unspecified atom stereocenters. The number of ether oxygens (including phenoxy) is 1. The van der Waals surface area contributed by atoms with Crippen LogP contribution in [0.3, 0.4) is 0 Å². The molecule has 0 aliphatic heterocycles. The monoisotopic (exact) mass is 507 g/mol. The lowest BCUT2D eigenvalue weighted by Crippen LogP contribution is -2.55. The molecule has 0 bridgehead atoms. The van der Waals surface area contributed by atoms with Gasteiger partial charge in [0.05, 0.1) is 0 Å². The first kappa shape index (κ1) is 30.8. The van der Waals surface area contributed by atoms with Crippen molar-refractivity contribution < 1.29 is 19.1 Å². The van der Waals surface area contributed by atoms with Crippen molar-refractivity contribution in [2.75, 3.05) is 12.3 Å². The summed E-state index contributed by atoms with van der Waals surface area (Å²) in [7, 11) is 0. The molecule has 2 N–H and O–H groups in total. The fourth-order valence-electron chi connectivity index (χ4n) is 3.69. The van der Waals surface area contributed by atoms with E-state index < -0.39 is 29.3 Å². The first-order valence-electron chi connectivity index (χ1n) is 12.4. The summed E-state index contributed by atoms with van der Waals surface area (Å²) in [6.45, 7) is 17.4. The molecule has 0 aliphatic carbocycles. The van der Waals surface area contributed by atoms with Crippen molar-refractivity contribution in [3.8, 4) is 0 Å². The zero-order valence-corrected chi connectivity index (χ0v) is 23.8. The molecule has 0 spiro atoms. The molecule has 0 heterocycles. The number of hydrogen-bond donors (Lipinski definition) is 3. The van der Waals surface area contributed by atoms with Crippen LogP contribution in [0.1, 0.15) is 90.5 Å². The molecular weight excluding hydrogens is 462 g/mol. The van der Waals surface area contributed by atoms with Crippen LogP contribution in [0.2, 0.25) is 0 Å². The fourth-order valence-corrected chi connectivity index (χ4v) is 3.94. The third-order valence-corrected chi connectivity index (χ3v) is 5.82. The molecule has 0 saturated heterocycles. The molecule has 0 aromatic heterocycles. The maximum Gasteiger partial charge on any atom is 0.408 e. The summed E-state index contributed by atoms with van der Waals surface area (Å²) in [4.78, 5) is 41.6.